The van der Waals surface area contributed by atoms with E-state index in [0.717, 1.165) is 19.2 Å². The van der Waals surface area contributed by atoms with Crippen molar-refractivity contribution in [3.63, 3.8) is 0 Å². The second-order valence-electron chi connectivity index (χ2n) is 3.17. The molecule has 0 radical (unpaired) electrons. The Kier molecular flexibility index (Phi) is 4.14. The first kappa shape index (κ1) is 13.1. The molecule has 1 aromatic carbocycles. The Morgan fingerprint density at radius 3 is 2.59 bits per heavy atom. The van der Waals surface area contributed by atoms with Gasteiger partial charge >= 0.3 is 5.97 Å². The number of hydrogen-bond acceptors (Lipinski definition) is 4. The average Bonchev–Trinajstić information content (AvgIpc) is 2.32. The van der Waals surface area contributed by atoms with Gasteiger partial charge in [-0.3, -0.25) is 4.79 Å². The Labute approximate surface area is 96.1 Å². The van der Waals surface area contributed by atoms with Gasteiger partial charge in [0.15, 0.2) is 24.0 Å². The van der Waals surface area contributed by atoms with Crippen molar-refractivity contribution in [1.82, 2.24) is 0 Å². The van der Waals surface area contributed by atoms with Gasteiger partial charge in [-0.15, -0.1) is 0 Å². The van der Waals surface area contributed by atoms with Crippen molar-refractivity contribution in [3.8, 4) is 5.75 Å². The number of hydrogen-bond donors (Lipinski definition) is 0. The molecule has 0 spiro atoms. The molecule has 17 heavy (non-hydrogen) atoms. The Morgan fingerprint density at radius 2 is 2.06 bits per heavy atom. The standard InChI is InChI=1S/C11H10F2O4/c1-6(11(15)16-2)17-9-4-3-8(12)7(5-14)10(9)13/h3-6H,1-2H3. The van der Waals surface area contributed by atoms with Crippen LogP contribution in [-0.4, -0.2) is 25.5 Å². The van der Waals surface area contributed by atoms with E-state index in [1.165, 1.54) is 6.92 Å². The first-order valence-electron chi connectivity index (χ1n) is 4.69. The van der Waals surface area contributed by atoms with Crippen LogP contribution in [0.25, 0.3) is 0 Å². The highest BCUT2D eigenvalue weighted by molar-refractivity contribution is 5.77. The predicted molar refractivity (Wildman–Crippen MR) is 53.9 cm³/mol. The topological polar surface area (TPSA) is 52.6 Å². The summed E-state index contributed by atoms with van der Waals surface area (Å²) in [4.78, 5) is 21.5. The molecule has 92 valence electrons. The summed E-state index contributed by atoms with van der Waals surface area (Å²) < 4.78 is 35.8. The van der Waals surface area contributed by atoms with Crippen molar-refractivity contribution >= 4 is 12.3 Å². The molecule has 6 heteroatoms. The molecule has 1 aromatic rings. The normalized spacial score (nSPS) is 11.8. The molecule has 0 aromatic heterocycles. The van der Waals surface area contributed by atoms with Crippen LogP contribution in [0.15, 0.2) is 12.1 Å². The Morgan fingerprint density at radius 1 is 1.41 bits per heavy atom. The van der Waals surface area contributed by atoms with Crippen LogP contribution in [0.1, 0.15) is 17.3 Å². The molecule has 0 aliphatic heterocycles. The van der Waals surface area contributed by atoms with Gasteiger partial charge in [0.2, 0.25) is 0 Å². The molecule has 0 saturated carbocycles. The van der Waals surface area contributed by atoms with Crippen molar-refractivity contribution in [1.29, 1.82) is 0 Å². The van der Waals surface area contributed by atoms with Crippen molar-refractivity contribution in [2.45, 2.75) is 13.0 Å². The highest BCUT2D eigenvalue weighted by atomic mass is 19.1. The number of carbonyl (C=O) groups excluding carboxylic acids is 2. The van der Waals surface area contributed by atoms with Gasteiger partial charge in [-0.1, -0.05) is 0 Å². The fourth-order valence-electron chi connectivity index (χ4n) is 1.15. The van der Waals surface area contributed by atoms with E-state index in [0.29, 0.717) is 0 Å². The summed E-state index contributed by atoms with van der Waals surface area (Å²) in [6, 6.07) is 1.88. The average molecular weight is 244 g/mol. The number of ether oxygens (including phenoxy) is 2. The second kappa shape index (κ2) is 5.38. The minimum atomic E-state index is -1.14. The van der Waals surface area contributed by atoms with E-state index in [1.807, 2.05) is 0 Å². The van der Waals surface area contributed by atoms with Gasteiger partial charge in [-0.25, -0.2) is 13.6 Å². The number of benzene rings is 1. The summed E-state index contributed by atoms with van der Waals surface area (Å²) in [5.41, 5.74) is -0.737. The molecule has 0 aliphatic rings. The summed E-state index contributed by atoms with van der Waals surface area (Å²) >= 11 is 0. The zero-order chi connectivity index (χ0) is 13.0. The fraction of sp³-hybridized carbons (Fsp3) is 0.273. The summed E-state index contributed by atoms with van der Waals surface area (Å²) in [5, 5.41) is 0. The van der Waals surface area contributed by atoms with Crippen LogP contribution in [0.5, 0.6) is 5.75 Å². The van der Waals surface area contributed by atoms with Gasteiger partial charge in [-0.2, -0.15) is 0 Å². The van der Waals surface area contributed by atoms with Gasteiger partial charge < -0.3 is 9.47 Å². The highest BCUT2D eigenvalue weighted by Crippen LogP contribution is 2.23. The molecule has 1 unspecified atom stereocenters. The minimum absolute atomic E-state index is 0.0420. The maximum absolute atomic E-state index is 13.5. The number of esters is 1. The molecule has 4 nitrogen and oxygen atoms in total. The largest absolute Gasteiger partial charge is 0.476 e. The molecule has 0 amide bonds. The Balaban J connectivity index is 3.00. The number of carbonyl (C=O) groups is 2. The van der Waals surface area contributed by atoms with Gasteiger partial charge in [0.1, 0.15) is 5.82 Å². The van der Waals surface area contributed by atoms with Gasteiger partial charge in [0, 0.05) is 0 Å². The second-order valence-corrected chi connectivity index (χ2v) is 3.17. The van der Waals surface area contributed by atoms with Crippen LogP contribution in [-0.2, 0) is 9.53 Å². The molecular formula is C11H10F2O4. The molecule has 0 aliphatic carbocycles. The van der Waals surface area contributed by atoms with Crippen LogP contribution in [0.4, 0.5) is 8.78 Å². The number of aldehydes is 1. The third-order valence-electron chi connectivity index (χ3n) is 2.05. The first-order valence-corrected chi connectivity index (χ1v) is 4.69. The van der Waals surface area contributed by atoms with Crippen molar-refractivity contribution < 1.29 is 27.8 Å². The Hall–Kier alpha value is -1.98. The van der Waals surface area contributed by atoms with E-state index < -0.39 is 29.3 Å². The van der Waals surface area contributed by atoms with E-state index in [1.54, 1.807) is 0 Å². The smallest absolute Gasteiger partial charge is 0.346 e. The Bertz CT molecular complexity index is 445. The predicted octanol–water partition coefficient (Wildman–Crippen LogP) is 1.72. The van der Waals surface area contributed by atoms with Crippen molar-refractivity contribution in [3.05, 3.63) is 29.3 Å². The van der Waals surface area contributed by atoms with Crippen LogP contribution in [0.2, 0.25) is 0 Å². The zero-order valence-electron chi connectivity index (χ0n) is 9.20. The maximum atomic E-state index is 13.5. The van der Waals surface area contributed by atoms with E-state index in [2.05, 4.69) is 4.74 Å². The number of rotatable bonds is 4. The van der Waals surface area contributed by atoms with E-state index in [4.69, 9.17) is 4.74 Å². The molecule has 0 heterocycles. The quantitative estimate of drug-likeness (QED) is 0.597. The van der Waals surface area contributed by atoms with Crippen LogP contribution in [0, 0.1) is 11.6 Å². The monoisotopic (exact) mass is 244 g/mol. The lowest BCUT2D eigenvalue weighted by Gasteiger charge is -2.13. The van der Waals surface area contributed by atoms with Crippen LogP contribution >= 0.6 is 0 Å². The molecule has 0 fully saturated rings. The lowest BCUT2D eigenvalue weighted by atomic mass is 10.2. The summed E-state index contributed by atoms with van der Waals surface area (Å²) in [6.07, 6.45) is -1.01. The maximum Gasteiger partial charge on any atom is 0.346 e. The summed E-state index contributed by atoms with van der Waals surface area (Å²) in [7, 11) is 1.15. The molecule has 0 N–H and O–H groups in total. The van der Waals surface area contributed by atoms with Crippen molar-refractivity contribution in [2.24, 2.45) is 0 Å². The summed E-state index contributed by atoms with van der Waals surface area (Å²) in [5.74, 6) is -3.22. The lowest BCUT2D eigenvalue weighted by Crippen LogP contribution is -2.25. The summed E-state index contributed by atoms with van der Waals surface area (Å²) in [6.45, 7) is 1.34. The minimum Gasteiger partial charge on any atom is -0.476 e. The fourth-order valence-corrected chi connectivity index (χ4v) is 1.15. The molecule has 0 saturated heterocycles. The van der Waals surface area contributed by atoms with E-state index >= 15 is 0 Å². The van der Waals surface area contributed by atoms with Crippen LogP contribution < -0.4 is 4.74 Å². The van der Waals surface area contributed by atoms with Crippen molar-refractivity contribution in [2.75, 3.05) is 7.11 Å². The third kappa shape index (κ3) is 2.77. The van der Waals surface area contributed by atoms with E-state index in [-0.39, 0.29) is 12.0 Å². The molecule has 1 rings (SSSR count). The highest BCUT2D eigenvalue weighted by Gasteiger charge is 2.20. The SMILES string of the molecule is COC(=O)C(C)Oc1ccc(F)c(C=O)c1F. The van der Waals surface area contributed by atoms with Gasteiger partial charge in [0.05, 0.1) is 12.7 Å². The van der Waals surface area contributed by atoms with E-state index in [9.17, 15) is 18.4 Å². The number of halogens is 2. The molecule has 1 atom stereocenters. The van der Waals surface area contributed by atoms with Gasteiger partial charge in [-0.05, 0) is 19.1 Å². The third-order valence-corrected chi connectivity index (χ3v) is 2.05. The lowest BCUT2D eigenvalue weighted by molar-refractivity contribution is -0.148. The van der Waals surface area contributed by atoms with Crippen LogP contribution in [0.3, 0.4) is 0 Å². The molecular weight excluding hydrogens is 234 g/mol. The number of methoxy groups -OCH3 is 1. The van der Waals surface area contributed by atoms with Gasteiger partial charge in [0.25, 0.3) is 0 Å². The molecule has 0 bridgehead atoms. The zero-order valence-corrected chi connectivity index (χ0v) is 9.20. The first-order chi connectivity index (χ1) is 8.01.